The van der Waals surface area contributed by atoms with Gasteiger partial charge in [-0.2, -0.15) is 0 Å². The second-order valence-electron chi connectivity index (χ2n) is 1.16. The molecule has 0 aliphatic rings. The summed E-state index contributed by atoms with van der Waals surface area (Å²) in [6.45, 7) is 0. The van der Waals surface area contributed by atoms with Crippen LogP contribution in [0.1, 0.15) is 0 Å². The van der Waals surface area contributed by atoms with Crippen molar-refractivity contribution in [3.8, 4) is 0 Å². The van der Waals surface area contributed by atoms with Crippen LogP contribution in [0.15, 0.2) is 5.16 Å². The van der Waals surface area contributed by atoms with E-state index in [4.69, 9.17) is 5.11 Å². The van der Waals surface area contributed by atoms with E-state index in [1.54, 1.807) is 0 Å². The molecule has 0 atom stereocenters. The second kappa shape index (κ2) is 4.31. The van der Waals surface area contributed by atoms with Gasteiger partial charge in [0, 0.05) is 0 Å². The van der Waals surface area contributed by atoms with Crippen molar-refractivity contribution in [1.29, 1.82) is 0 Å². The van der Waals surface area contributed by atoms with E-state index in [-0.39, 0.29) is 11.0 Å². The van der Waals surface area contributed by atoms with Crippen LogP contribution in [0.25, 0.3) is 0 Å². The maximum absolute atomic E-state index is 10.1. The molecule has 52 valence electrons. The Balaban J connectivity index is 3.98. The van der Waals surface area contributed by atoms with Gasteiger partial charge in [-0.05, 0) is 0 Å². The van der Waals surface area contributed by atoms with Crippen molar-refractivity contribution in [1.82, 2.24) is 0 Å². The highest BCUT2D eigenvalue weighted by atomic mass is 79.9. The van der Waals surface area contributed by atoms with Crippen LogP contribution < -0.4 is 0 Å². The Morgan fingerprint density at radius 2 is 2.44 bits per heavy atom. The maximum atomic E-state index is 10.1. The van der Waals surface area contributed by atoms with Gasteiger partial charge in [0.2, 0.25) is 0 Å². The summed E-state index contributed by atoms with van der Waals surface area (Å²) >= 11 is 2.93. The number of rotatable bonds is 3. The van der Waals surface area contributed by atoms with Gasteiger partial charge in [0.1, 0.15) is 7.11 Å². The van der Waals surface area contributed by atoms with E-state index >= 15 is 0 Å². The lowest BCUT2D eigenvalue weighted by atomic mass is 10.4. The van der Waals surface area contributed by atoms with Crippen LogP contribution >= 0.6 is 15.9 Å². The van der Waals surface area contributed by atoms with Gasteiger partial charge < -0.3 is 9.94 Å². The zero-order valence-electron chi connectivity index (χ0n) is 4.80. The third kappa shape index (κ3) is 3.07. The van der Waals surface area contributed by atoms with Crippen LogP contribution in [0.5, 0.6) is 0 Å². The average Bonchev–Trinajstić information content (AvgIpc) is 1.82. The van der Waals surface area contributed by atoms with Crippen molar-refractivity contribution >= 4 is 27.6 Å². The molecule has 0 spiro atoms. The normalized spacial score (nSPS) is 11.1. The van der Waals surface area contributed by atoms with Gasteiger partial charge in [-0.15, -0.1) is 0 Å². The highest BCUT2D eigenvalue weighted by molar-refractivity contribution is 9.09. The minimum absolute atomic E-state index is 0.0440. The molecule has 4 nitrogen and oxygen atoms in total. The Hall–Kier alpha value is -0.580. The molecule has 9 heavy (non-hydrogen) atoms. The highest BCUT2D eigenvalue weighted by Gasteiger charge is 2.06. The SMILES string of the molecule is CON=C(CBr)C(=O)O. The minimum Gasteiger partial charge on any atom is -0.477 e. The molecule has 0 aliphatic heterocycles. The Bertz CT molecular complexity index is 134. The summed E-state index contributed by atoms with van der Waals surface area (Å²) in [4.78, 5) is 14.3. The number of halogens is 1. The molecule has 0 unspecified atom stereocenters. The fourth-order valence-electron chi connectivity index (χ4n) is 0.231. The molecular formula is C4H6BrNO3. The largest absolute Gasteiger partial charge is 0.477 e. The number of alkyl halides is 1. The number of oxime groups is 1. The fraction of sp³-hybridized carbons (Fsp3) is 0.500. The third-order valence-electron chi connectivity index (χ3n) is 0.575. The molecule has 0 fully saturated rings. The predicted molar refractivity (Wildman–Crippen MR) is 35.9 cm³/mol. The summed E-state index contributed by atoms with van der Waals surface area (Å²) in [5.74, 6) is -1.08. The Morgan fingerprint density at radius 3 is 2.56 bits per heavy atom. The van der Waals surface area contributed by atoms with Gasteiger partial charge in [-0.25, -0.2) is 4.79 Å². The Kier molecular flexibility index (Phi) is 4.04. The zero-order valence-corrected chi connectivity index (χ0v) is 6.38. The van der Waals surface area contributed by atoms with Crippen LogP contribution in [-0.4, -0.2) is 29.2 Å². The Morgan fingerprint density at radius 1 is 1.89 bits per heavy atom. The van der Waals surface area contributed by atoms with Gasteiger partial charge >= 0.3 is 5.97 Å². The fourth-order valence-corrected chi connectivity index (χ4v) is 0.573. The summed E-state index contributed by atoms with van der Waals surface area (Å²) in [5.41, 5.74) is -0.0440. The monoisotopic (exact) mass is 195 g/mol. The summed E-state index contributed by atoms with van der Waals surface area (Å²) in [6.07, 6.45) is 0. The number of hydrogen-bond acceptors (Lipinski definition) is 3. The van der Waals surface area contributed by atoms with E-state index < -0.39 is 5.97 Å². The lowest BCUT2D eigenvalue weighted by molar-refractivity contribution is -0.129. The van der Waals surface area contributed by atoms with E-state index in [9.17, 15) is 4.79 Å². The van der Waals surface area contributed by atoms with Crippen molar-refractivity contribution < 1.29 is 14.7 Å². The van der Waals surface area contributed by atoms with Crippen molar-refractivity contribution in [3.05, 3.63) is 0 Å². The first-order chi connectivity index (χ1) is 4.22. The van der Waals surface area contributed by atoms with Crippen molar-refractivity contribution in [2.24, 2.45) is 5.16 Å². The molecule has 0 saturated heterocycles. The first-order valence-corrected chi connectivity index (χ1v) is 3.23. The molecule has 0 rings (SSSR count). The molecule has 0 amide bonds. The van der Waals surface area contributed by atoms with Crippen LogP contribution in [0, 0.1) is 0 Å². The molecule has 1 N–H and O–H groups in total. The topological polar surface area (TPSA) is 58.9 Å². The van der Waals surface area contributed by atoms with Gasteiger partial charge in [0.05, 0.1) is 5.33 Å². The number of nitrogens with zero attached hydrogens (tertiary/aromatic N) is 1. The average molecular weight is 196 g/mol. The molecule has 0 heterocycles. The second-order valence-corrected chi connectivity index (χ2v) is 1.72. The molecule has 0 radical (unpaired) electrons. The Labute approximate surface area is 60.6 Å². The van der Waals surface area contributed by atoms with Gasteiger partial charge in [0.15, 0.2) is 5.71 Å². The van der Waals surface area contributed by atoms with E-state index in [0.717, 1.165) is 0 Å². The first-order valence-electron chi connectivity index (χ1n) is 2.11. The molecule has 0 bridgehead atoms. The molecule has 0 aromatic rings. The van der Waals surface area contributed by atoms with Gasteiger partial charge in [-0.1, -0.05) is 21.1 Å². The van der Waals surface area contributed by atoms with Gasteiger partial charge in [-0.3, -0.25) is 0 Å². The van der Waals surface area contributed by atoms with Gasteiger partial charge in [0.25, 0.3) is 0 Å². The summed E-state index contributed by atoms with van der Waals surface area (Å²) in [5, 5.41) is 11.7. The van der Waals surface area contributed by atoms with Crippen LogP contribution in [-0.2, 0) is 9.63 Å². The number of aliphatic carboxylic acids is 1. The van der Waals surface area contributed by atoms with Crippen LogP contribution in [0.4, 0.5) is 0 Å². The van der Waals surface area contributed by atoms with Crippen LogP contribution in [0.2, 0.25) is 0 Å². The summed E-state index contributed by atoms with van der Waals surface area (Å²) in [6, 6.07) is 0. The molecule has 0 saturated carbocycles. The number of hydrogen-bond donors (Lipinski definition) is 1. The highest BCUT2D eigenvalue weighted by Crippen LogP contribution is 1.86. The molecule has 5 heteroatoms. The number of carboxylic acids is 1. The number of carboxylic acid groups (broad SMARTS) is 1. The molecule has 0 aliphatic carbocycles. The van der Waals surface area contributed by atoms with E-state index in [1.165, 1.54) is 7.11 Å². The van der Waals surface area contributed by atoms with Crippen molar-refractivity contribution in [3.63, 3.8) is 0 Å². The van der Waals surface area contributed by atoms with Crippen LogP contribution in [0.3, 0.4) is 0 Å². The number of carbonyl (C=O) groups is 1. The minimum atomic E-state index is -1.08. The van der Waals surface area contributed by atoms with E-state index in [1.807, 2.05) is 0 Å². The summed E-state index contributed by atoms with van der Waals surface area (Å²) in [7, 11) is 1.30. The quantitative estimate of drug-likeness (QED) is 0.405. The van der Waals surface area contributed by atoms with Crippen molar-refractivity contribution in [2.75, 3.05) is 12.4 Å². The van der Waals surface area contributed by atoms with Crippen molar-refractivity contribution in [2.45, 2.75) is 0 Å². The molecule has 0 aromatic heterocycles. The lowest BCUT2D eigenvalue weighted by Crippen LogP contribution is -2.14. The first kappa shape index (κ1) is 8.42. The van der Waals surface area contributed by atoms with E-state index in [0.29, 0.717) is 0 Å². The summed E-state index contributed by atoms with van der Waals surface area (Å²) < 4.78 is 0. The van der Waals surface area contributed by atoms with E-state index in [2.05, 4.69) is 25.9 Å². The smallest absolute Gasteiger partial charge is 0.354 e. The molecular weight excluding hydrogens is 190 g/mol. The standard InChI is InChI=1S/C4H6BrNO3/c1-9-6-3(2-5)4(7)8/h2H2,1H3,(H,7,8). The predicted octanol–water partition coefficient (Wildman–Crippen LogP) is 0.468. The zero-order chi connectivity index (χ0) is 7.28. The third-order valence-corrected chi connectivity index (χ3v) is 1.11. The lowest BCUT2D eigenvalue weighted by Gasteiger charge is -1.91. The molecule has 0 aromatic carbocycles. The maximum Gasteiger partial charge on any atom is 0.354 e.